The second-order valence-corrected chi connectivity index (χ2v) is 4.55. The molecular weight excluding hydrogens is 200 g/mol. The molecule has 1 aromatic carbocycles. The molecule has 16 heavy (non-hydrogen) atoms. The van der Waals surface area contributed by atoms with Crippen molar-refractivity contribution in [1.29, 1.82) is 0 Å². The van der Waals surface area contributed by atoms with Crippen LogP contribution < -0.4 is 11.1 Å². The number of nitrogens with one attached hydrogen (secondary N) is 1. The van der Waals surface area contributed by atoms with Crippen molar-refractivity contribution in [3.05, 3.63) is 29.8 Å². The van der Waals surface area contributed by atoms with Gasteiger partial charge in [0.2, 0.25) is 0 Å². The monoisotopic (exact) mass is 220 g/mol. The average molecular weight is 220 g/mol. The fraction of sp³-hybridized carbons (Fsp3) is 0.538. The van der Waals surface area contributed by atoms with Gasteiger partial charge in [-0.2, -0.15) is 0 Å². The maximum Gasteiger partial charge on any atom is 0.0818 e. The number of rotatable bonds is 2. The smallest absolute Gasteiger partial charge is 0.0818 e. The van der Waals surface area contributed by atoms with E-state index in [9.17, 15) is 5.11 Å². The van der Waals surface area contributed by atoms with Gasteiger partial charge in [-0.05, 0) is 56.0 Å². The molecule has 1 aromatic rings. The van der Waals surface area contributed by atoms with Crippen molar-refractivity contribution >= 4 is 5.69 Å². The summed E-state index contributed by atoms with van der Waals surface area (Å²) >= 11 is 0. The molecule has 0 radical (unpaired) electrons. The summed E-state index contributed by atoms with van der Waals surface area (Å²) in [4.78, 5) is 0. The Labute approximate surface area is 96.7 Å². The van der Waals surface area contributed by atoms with Gasteiger partial charge in [-0.25, -0.2) is 0 Å². The van der Waals surface area contributed by atoms with Crippen LogP contribution in [0.15, 0.2) is 24.3 Å². The lowest BCUT2D eigenvalue weighted by Gasteiger charge is -2.21. The number of hydrogen-bond donors (Lipinski definition) is 3. The SMILES string of the molecule is Nc1ccc(C(O)C2CCCNCC2)cc1. The van der Waals surface area contributed by atoms with Crippen molar-refractivity contribution in [1.82, 2.24) is 5.32 Å². The van der Waals surface area contributed by atoms with Gasteiger partial charge in [0.05, 0.1) is 6.10 Å². The van der Waals surface area contributed by atoms with Crippen LogP contribution in [0.25, 0.3) is 0 Å². The Morgan fingerprint density at radius 2 is 1.94 bits per heavy atom. The minimum absolute atomic E-state index is 0.347. The van der Waals surface area contributed by atoms with Crippen LogP contribution in [0.1, 0.15) is 30.9 Å². The third kappa shape index (κ3) is 2.74. The molecule has 88 valence electrons. The highest BCUT2D eigenvalue weighted by Gasteiger charge is 2.21. The molecule has 0 aromatic heterocycles. The second kappa shape index (κ2) is 5.32. The van der Waals surface area contributed by atoms with Crippen molar-refractivity contribution < 1.29 is 5.11 Å². The van der Waals surface area contributed by atoms with Gasteiger partial charge in [-0.3, -0.25) is 0 Å². The highest BCUT2D eigenvalue weighted by atomic mass is 16.3. The van der Waals surface area contributed by atoms with Crippen molar-refractivity contribution in [3.63, 3.8) is 0 Å². The Hall–Kier alpha value is -1.06. The van der Waals surface area contributed by atoms with Gasteiger partial charge in [0.15, 0.2) is 0 Å². The van der Waals surface area contributed by atoms with E-state index in [1.165, 1.54) is 0 Å². The topological polar surface area (TPSA) is 58.3 Å². The molecule has 0 aliphatic carbocycles. The largest absolute Gasteiger partial charge is 0.399 e. The summed E-state index contributed by atoms with van der Waals surface area (Å²) in [6.07, 6.45) is 2.95. The van der Waals surface area contributed by atoms with Gasteiger partial charge in [0, 0.05) is 5.69 Å². The lowest BCUT2D eigenvalue weighted by molar-refractivity contribution is 0.101. The quantitative estimate of drug-likeness (QED) is 0.665. The maximum atomic E-state index is 10.3. The van der Waals surface area contributed by atoms with Gasteiger partial charge in [-0.15, -0.1) is 0 Å². The fourth-order valence-electron chi connectivity index (χ4n) is 2.33. The number of anilines is 1. The summed E-state index contributed by atoms with van der Waals surface area (Å²) in [7, 11) is 0. The molecule has 3 nitrogen and oxygen atoms in total. The van der Waals surface area contributed by atoms with E-state index in [-0.39, 0.29) is 6.10 Å². The Balaban J connectivity index is 2.04. The average Bonchev–Trinajstić information content (AvgIpc) is 2.57. The minimum Gasteiger partial charge on any atom is -0.399 e. The van der Waals surface area contributed by atoms with Crippen molar-refractivity contribution in [2.24, 2.45) is 5.92 Å². The predicted octanol–water partition coefficient (Wildman–Crippen LogP) is 1.69. The zero-order valence-electron chi connectivity index (χ0n) is 9.52. The Kier molecular flexibility index (Phi) is 3.80. The van der Waals surface area contributed by atoms with E-state index in [2.05, 4.69) is 5.32 Å². The number of nitrogens with two attached hydrogens (primary N) is 1. The molecule has 0 amide bonds. The molecule has 1 fully saturated rings. The molecule has 2 atom stereocenters. The van der Waals surface area contributed by atoms with Crippen molar-refractivity contribution in [2.75, 3.05) is 18.8 Å². The van der Waals surface area contributed by atoms with E-state index in [0.717, 1.165) is 43.6 Å². The van der Waals surface area contributed by atoms with Gasteiger partial charge in [0.25, 0.3) is 0 Å². The van der Waals surface area contributed by atoms with E-state index in [4.69, 9.17) is 5.73 Å². The van der Waals surface area contributed by atoms with Crippen LogP contribution in [-0.4, -0.2) is 18.2 Å². The van der Waals surface area contributed by atoms with E-state index < -0.39 is 0 Å². The van der Waals surface area contributed by atoms with Gasteiger partial charge in [-0.1, -0.05) is 12.1 Å². The number of nitrogen functional groups attached to an aromatic ring is 1. The molecule has 1 aliphatic heterocycles. The molecule has 2 unspecified atom stereocenters. The van der Waals surface area contributed by atoms with E-state index >= 15 is 0 Å². The number of hydrogen-bond acceptors (Lipinski definition) is 3. The molecule has 1 saturated heterocycles. The zero-order chi connectivity index (χ0) is 11.4. The Morgan fingerprint density at radius 3 is 2.69 bits per heavy atom. The van der Waals surface area contributed by atoms with E-state index in [1.54, 1.807) is 0 Å². The van der Waals surface area contributed by atoms with Crippen molar-refractivity contribution in [3.8, 4) is 0 Å². The highest BCUT2D eigenvalue weighted by Crippen LogP contribution is 2.29. The van der Waals surface area contributed by atoms with Crippen LogP contribution >= 0.6 is 0 Å². The summed E-state index contributed by atoms with van der Waals surface area (Å²) in [6, 6.07) is 7.57. The lowest BCUT2D eigenvalue weighted by Crippen LogP contribution is -2.16. The first-order chi connectivity index (χ1) is 7.77. The van der Waals surface area contributed by atoms with Crippen LogP contribution in [0, 0.1) is 5.92 Å². The third-order valence-corrected chi connectivity index (χ3v) is 3.34. The Bertz CT molecular complexity index is 315. The summed E-state index contributed by atoms with van der Waals surface area (Å²) in [5.74, 6) is 0.374. The molecule has 0 saturated carbocycles. The molecule has 0 spiro atoms. The molecule has 1 aliphatic rings. The van der Waals surface area contributed by atoms with Gasteiger partial charge < -0.3 is 16.2 Å². The fourth-order valence-corrected chi connectivity index (χ4v) is 2.33. The number of benzene rings is 1. The summed E-state index contributed by atoms with van der Waals surface area (Å²) < 4.78 is 0. The predicted molar refractivity (Wildman–Crippen MR) is 66.0 cm³/mol. The first kappa shape index (κ1) is 11.4. The van der Waals surface area contributed by atoms with Crippen LogP contribution in [0.5, 0.6) is 0 Å². The molecule has 2 rings (SSSR count). The van der Waals surface area contributed by atoms with Gasteiger partial charge in [0.1, 0.15) is 0 Å². The van der Waals surface area contributed by atoms with E-state index in [0.29, 0.717) is 5.92 Å². The normalized spacial score (nSPS) is 23.7. The maximum absolute atomic E-state index is 10.3. The number of aliphatic hydroxyl groups excluding tert-OH is 1. The van der Waals surface area contributed by atoms with Crippen LogP contribution in [0.4, 0.5) is 5.69 Å². The highest BCUT2D eigenvalue weighted by molar-refractivity contribution is 5.39. The lowest BCUT2D eigenvalue weighted by atomic mass is 9.90. The minimum atomic E-state index is -0.347. The standard InChI is InChI=1S/C13H20N2O/c14-12-5-3-11(4-6-12)13(16)10-2-1-8-15-9-7-10/h3-6,10,13,15-16H,1-2,7-9,14H2. The first-order valence-corrected chi connectivity index (χ1v) is 6.01. The van der Waals surface area contributed by atoms with E-state index in [1.807, 2.05) is 24.3 Å². The molecule has 4 N–H and O–H groups in total. The van der Waals surface area contributed by atoms with Crippen LogP contribution in [0.2, 0.25) is 0 Å². The molecule has 3 heteroatoms. The zero-order valence-corrected chi connectivity index (χ0v) is 9.52. The second-order valence-electron chi connectivity index (χ2n) is 4.55. The summed E-state index contributed by atoms with van der Waals surface area (Å²) in [5, 5.41) is 13.7. The van der Waals surface area contributed by atoms with Crippen LogP contribution in [-0.2, 0) is 0 Å². The van der Waals surface area contributed by atoms with Gasteiger partial charge >= 0.3 is 0 Å². The first-order valence-electron chi connectivity index (χ1n) is 6.01. The molecular formula is C13H20N2O. The van der Waals surface area contributed by atoms with Crippen molar-refractivity contribution in [2.45, 2.75) is 25.4 Å². The summed E-state index contributed by atoms with van der Waals surface area (Å²) in [6.45, 7) is 2.08. The third-order valence-electron chi connectivity index (χ3n) is 3.34. The number of aliphatic hydroxyl groups is 1. The molecule has 0 bridgehead atoms. The van der Waals surface area contributed by atoms with Crippen LogP contribution in [0.3, 0.4) is 0 Å². The summed E-state index contributed by atoms with van der Waals surface area (Å²) in [5.41, 5.74) is 7.37. The molecule has 1 heterocycles. The Morgan fingerprint density at radius 1 is 1.19 bits per heavy atom.